The summed E-state index contributed by atoms with van der Waals surface area (Å²) in [5.41, 5.74) is 3.60. The lowest BCUT2D eigenvalue weighted by Crippen LogP contribution is -1.99. The van der Waals surface area contributed by atoms with Crippen LogP contribution in [0, 0.1) is 12.7 Å². The predicted octanol–water partition coefficient (Wildman–Crippen LogP) is 5.19. The van der Waals surface area contributed by atoms with Gasteiger partial charge in [0.25, 0.3) is 0 Å². The number of rotatable bonds is 5. The van der Waals surface area contributed by atoms with Gasteiger partial charge in [0.1, 0.15) is 18.2 Å². The molecule has 0 heterocycles. The largest absolute Gasteiger partial charge is 0.488 e. The van der Waals surface area contributed by atoms with E-state index in [1.807, 2.05) is 42.5 Å². The molecule has 0 amide bonds. The third-order valence-corrected chi connectivity index (χ3v) is 3.95. The first-order chi connectivity index (χ1) is 11.7. The minimum atomic E-state index is -0.260. The average molecular weight is 320 g/mol. The molecule has 0 unspecified atom stereocenters. The summed E-state index contributed by atoms with van der Waals surface area (Å²) in [6, 6.07) is 20.0. The third-order valence-electron chi connectivity index (χ3n) is 3.95. The number of halogens is 1. The number of carbonyl (C=O) groups excluding carboxylic acids is 1. The topological polar surface area (TPSA) is 26.3 Å². The molecule has 3 rings (SSSR count). The highest BCUT2D eigenvalue weighted by Crippen LogP contribution is 2.29. The Morgan fingerprint density at radius 3 is 2.54 bits per heavy atom. The number of carbonyl (C=O) groups is 1. The van der Waals surface area contributed by atoms with Gasteiger partial charge in [-0.15, -0.1) is 0 Å². The Morgan fingerprint density at radius 1 is 1.00 bits per heavy atom. The Bertz CT molecular complexity index is 857. The quantitative estimate of drug-likeness (QED) is 0.605. The van der Waals surface area contributed by atoms with E-state index in [1.165, 1.54) is 6.07 Å². The van der Waals surface area contributed by atoms with Crippen molar-refractivity contribution in [3.8, 4) is 16.9 Å². The van der Waals surface area contributed by atoms with Crippen LogP contribution in [0.5, 0.6) is 5.75 Å². The van der Waals surface area contributed by atoms with Gasteiger partial charge in [0.15, 0.2) is 6.29 Å². The van der Waals surface area contributed by atoms with Crippen molar-refractivity contribution in [2.24, 2.45) is 0 Å². The molecule has 0 aliphatic carbocycles. The van der Waals surface area contributed by atoms with Crippen molar-refractivity contribution in [1.82, 2.24) is 0 Å². The summed E-state index contributed by atoms with van der Waals surface area (Å²) in [7, 11) is 0. The first-order valence-electron chi connectivity index (χ1n) is 7.70. The maximum atomic E-state index is 13.7. The van der Waals surface area contributed by atoms with E-state index in [9.17, 15) is 9.18 Å². The summed E-state index contributed by atoms with van der Waals surface area (Å²) in [5, 5.41) is 0. The molecule has 3 heteroatoms. The minimum absolute atomic E-state index is 0.260. The molecular formula is C21H17FO2. The van der Waals surface area contributed by atoms with Crippen LogP contribution in [0.4, 0.5) is 4.39 Å². The Kier molecular flexibility index (Phi) is 4.71. The number of hydrogen-bond donors (Lipinski definition) is 0. The third kappa shape index (κ3) is 3.35. The minimum Gasteiger partial charge on any atom is -0.488 e. The second kappa shape index (κ2) is 7.09. The fourth-order valence-electron chi connectivity index (χ4n) is 2.60. The Hall–Kier alpha value is -2.94. The van der Waals surface area contributed by atoms with E-state index < -0.39 is 0 Å². The lowest BCUT2D eigenvalue weighted by Gasteiger charge is -2.12. The molecule has 0 bridgehead atoms. The first kappa shape index (κ1) is 15.9. The molecule has 0 aliphatic heterocycles. The van der Waals surface area contributed by atoms with Crippen LogP contribution in [0.15, 0.2) is 66.7 Å². The van der Waals surface area contributed by atoms with Gasteiger partial charge in [-0.3, -0.25) is 4.79 Å². The van der Waals surface area contributed by atoms with Gasteiger partial charge in [-0.05, 0) is 47.4 Å². The molecule has 0 saturated carbocycles. The van der Waals surface area contributed by atoms with Crippen molar-refractivity contribution in [1.29, 1.82) is 0 Å². The lowest BCUT2D eigenvalue weighted by molar-refractivity contribution is 0.111. The zero-order chi connectivity index (χ0) is 16.9. The van der Waals surface area contributed by atoms with Crippen LogP contribution in [0.2, 0.25) is 0 Å². The standard InChI is InChI=1S/C21H17FO2/c1-15-19(8-5-9-20(15)22)17-10-11-21(18(12-17)13-23)24-14-16-6-3-2-4-7-16/h2-13H,14H2,1H3. The van der Waals surface area contributed by atoms with Crippen LogP contribution in [0.25, 0.3) is 11.1 Å². The van der Waals surface area contributed by atoms with Gasteiger partial charge >= 0.3 is 0 Å². The van der Waals surface area contributed by atoms with Crippen LogP contribution in [-0.4, -0.2) is 6.29 Å². The number of hydrogen-bond acceptors (Lipinski definition) is 2. The first-order valence-corrected chi connectivity index (χ1v) is 7.70. The van der Waals surface area contributed by atoms with Gasteiger partial charge in [-0.2, -0.15) is 0 Å². The van der Waals surface area contributed by atoms with E-state index in [2.05, 4.69) is 0 Å². The van der Waals surface area contributed by atoms with Gasteiger partial charge in [0, 0.05) is 0 Å². The second-order valence-electron chi connectivity index (χ2n) is 5.56. The van der Waals surface area contributed by atoms with Crippen LogP contribution in [0.3, 0.4) is 0 Å². The molecule has 3 aromatic carbocycles. The zero-order valence-electron chi connectivity index (χ0n) is 13.3. The highest BCUT2D eigenvalue weighted by molar-refractivity contribution is 5.83. The Labute approximate surface area is 140 Å². The molecule has 0 aromatic heterocycles. The van der Waals surface area contributed by atoms with Crippen LogP contribution >= 0.6 is 0 Å². The molecule has 0 fully saturated rings. The molecule has 120 valence electrons. The molecule has 0 radical (unpaired) electrons. The van der Waals surface area contributed by atoms with Gasteiger partial charge < -0.3 is 4.74 Å². The number of ether oxygens (including phenoxy) is 1. The van der Waals surface area contributed by atoms with Gasteiger partial charge in [0.05, 0.1) is 5.56 Å². The molecule has 0 atom stereocenters. The number of benzene rings is 3. The number of aldehydes is 1. The maximum Gasteiger partial charge on any atom is 0.153 e. The lowest BCUT2D eigenvalue weighted by atomic mass is 9.98. The predicted molar refractivity (Wildman–Crippen MR) is 92.7 cm³/mol. The van der Waals surface area contributed by atoms with Crippen molar-refractivity contribution < 1.29 is 13.9 Å². The molecule has 3 aromatic rings. The van der Waals surface area contributed by atoms with Gasteiger partial charge in [-0.1, -0.05) is 48.5 Å². The Morgan fingerprint density at radius 2 is 1.79 bits per heavy atom. The summed E-state index contributed by atoms with van der Waals surface area (Å²) < 4.78 is 19.5. The smallest absolute Gasteiger partial charge is 0.153 e. The van der Waals surface area contributed by atoms with E-state index in [4.69, 9.17) is 4.74 Å². The fourth-order valence-corrected chi connectivity index (χ4v) is 2.60. The van der Waals surface area contributed by atoms with Crippen LogP contribution in [-0.2, 0) is 6.61 Å². The van der Waals surface area contributed by atoms with E-state index in [-0.39, 0.29) is 5.82 Å². The SMILES string of the molecule is Cc1c(F)cccc1-c1ccc(OCc2ccccc2)c(C=O)c1. The Balaban J connectivity index is 1.88. The maximum absolute atomic E-state index is 13.7. The molecular weight excluding hydrogens is 303 g/mol. The second-order valence-corrected chi connectivity index (χ2v) is 5.56. The summed E-state index contributed by atoms with van der Waals surface area (Å²) in [4.78, 5) is 11.4. The normalized spacial score (nSPS) is 10.4. The molecule has 0 spiro atoms. The van der Waals surface area contributed by atoms with Crippen molar-refractivity contribution in [3.63, 3.8) is 0 Å². The van der Waals surface area contributed by atoms with Crippen LogP contribution < -0.4 is 4.74 Å². The van der Waals surface area contributed by atoms with Crippen molar-refractivity contribution in [2.75, 3.05) is 0 Å². The summed E-state index contributed by atoms with van der Waals surface area (Å²) >= 11 is 0. The average Bonchev–Trinajstić information content (AvgIpc) is 2.63. The highest BCUT2D eigenvalue weighted by Gasteiger charge is 2.10. The van der Waals surface area contributed by atoms with Crippen LogP contribution in [0.1, 0.15) is 21.5 Å². The van der Waals surface area contributed by atoms with Crippen molar-refractivity contribution >= 4 is 6.29 Å². The van der Waals surface area contributed by atoms with Crippen molar-refractivity contribution in [2.45, 2.75) is 13.5 Å². The molecule has 0 aliphatic rings. The van der Waals surface area contributed by atoms with Gasteiger partial charge in [-0.25, -0.2) is 4.39 Å². The summed E-state index contributed by atoms with van der Waals surface area (Å²) in [5.74, 6) is 0.260. The molecule has 24 heavy (non-hydrogen) atoms. The van der Waals surface area contributed by atoms with E-state index in [0.717, 1.165) is 23.0 Å². The van der Waals surface area contributed by atoms with E-state index in [1.54, 1.807) is 25.1 Å². The summed E-state index contributed by atoms with van der Waals surface area (Å²) in [6.07, 6.45) is 0.762. The highest BCUT2D eigenvalue weighted by atomic mass is 19.1. The van der Waals surface area contributed by atoms with E-state index >= 15 is 0 Å². The van der Waals surface area contributed by atoms with Gasteiger partial charge in [0.2, 0.25) is 0 Å². The monoisotopic (exact) mass is 320 g/mol. The van der Waals surface area contributed by atoms with E-state index in [0.29, 0.717) is 23.5 Å². The molecule has 2 nitrogen and oxygen atoms in total. The fraction of sp³-hybridized carbons (Fsp3) is 0.0952. The molecule has 0 saturated heterocycles. The zero-order valence-corrected chi connectivity index (χ0v) is 13.3. The molecule has 0 N–H and O–H groups in total. The van der Waals surface area contributed by atoms with Crippen molar-refractivity contribution in [3.05, 3.63) is 89.2 Å². The summed E-state index contributed by atoms with van der Waals surface area (Å²) in [6.45, 7) is 2.12.